The van der Waals surface area contributed by atoms with Crippen LogP contribution in [0.2, 0.25) is 10.0 Å². The van der Waals surface area contributed by atoms with Gasteiger partial charge in [0.25, 0.3) is 5.91 Å². The molecule has 2 aromatic rings. The van der Waals surface area contributed by atoms with Crippen molar-refractivity contribution in [2.24, 2.45) is 0 Å². The third-order valence-corrected chi connectivity index (χ3v) is 5.37. The molecule has 10 nitrogen and oxygen atoms in total. The summed E-state index contributed by atoms with van der Waals surface area (Å²) in [5.41, 5.74) is 0. The molecule has 0 atom stereocenters. The second-order valence-corrected chi connectivity index (χ2v) is 7.95. The van der Waals surface area contributed by atoms with Gasteiger partial charge in [0.15, 0.2) is 6.61 Å². The molecule has 3 N–H and O–H groups in total. The number of carbonyl (C=O) groups excluding carboxylic acids is 3. The average molecular weight is 464 g/mol. The molecule has 1 aromatic heterocycles. The zero-order valence-electron chi connectivity index (χ0n) is 14.6. The summed E-state index contributed by atoms with van der Waals surface area (Å²) in [5.74, 6) is -1.45. The lowest BCUT2D eigenvalue weighted by atomic mass is 10.4. The van der Waals surface area contributed by atoms with Crippen LogP contribution in [0.1, 0.15) is 5.76 Å². The zero-order valence-corrected chi connectivity index (χ0v) is 16.9. The maximum absolute atomic E-state index is 12.1. The molecule has 0 aliphatic heterocycles. The number of benzene rings is 1. The van der Waals surface area contributed by atoms with E-state index in [0.29, 0.717) is 5.76 Å². The number of rotatable bonds is 8. The summed E-state index contributed by atoms with van der Waals surface area (Å²) >= 11 is 11.5. The van der Waals surface area contributed by atoms with E-state index >= 15 is 0 Å². The van der Waals surface area contributed by atoms with Crippen LogP contribution in [0.25, 0.3) is 0 Å². The number of hydrogen-bond donors (Lipinski definition) is 3. The van der Waals surface area contributed by atoms with Crippen molar-refractivity contribution in [3.8, 4) is 0 Å². The molecule has 1 aromatic carbocycles. The third-order valence-electron chi connectivity index (χ3n) is 3.23. The predicted octanol–water partition coefficient (Wildman–Crippen LogP) is 1.43. The summed E-state index contributed by atoms with van der Waals surface area (Å²) in [5, 5.41) is 4.49. The highest BCUT2D eigenvalue weighted by Gasteiger charge is 2.18. The SMILES string of the molecule is O=C(COC(=O)CNS(=O)(=O)c1ccc(Cl)c(Cl)c1)NC(=O)NCc1ccco1. The highest BCUT2D eigenvalue weighted by molar-refractivity contribution is 7.89. The molecular weight excluding hydrogens is 449 g/mol. The van der Waals surface area contributed by atoms with E-state index in [-0.39, 0.29) is 21.5 Å². The molecule has 0 bridgehead atoms. The van der Waals surface area contributed by atoms with Gasteiger partial charge in [-0.1, -0.05) is 23.2 Å². The van der Waals surface area contributed by atoms with Crippen molar-refractivity contribution >= 4 is 51.1 Å². The van der Waals surface area contributed by atoms with Gasteiger partial charge in [0.05, 0.1) is 27.7 Å². The second kappa shape index (κ2) is 10.3. The molecule has 0 spiro atoms. The Hall–Kier alpha value is -2.60. The summed E-state index contributed by atoms with van der Waals surface area (Å²) in [4.78, 5) is 34.5. The van der Waals surface area contributed by atoms with E-state index in [1.165, 1.54) is 18.4 Å². The number of amides is 3. The Morgan fingerprint density at radius 2 is 1.86 bits per heavy atom. The third kappa shape index (κ3) is 7.38. The largest absolute Gasteiger partial charge is 0.467 e. The van der Waals surface area contributed by atoms with Crippen molar-refractivity contribution < 1.29 is 32.0 Å². The first kappa shape index (κ1) is 22.7. The second-order valence-electron chi connectivity index (χ2n) is 5.37. The van der Waals surface area contributed by atoms with Crippen LogP contribution in [0, 0.1) is 0 Å². The van der Waals surface area contributed by atoms with Crippen LogP contribution in [-0.2, 0) is 30.9 Å². The lowest BCUT2D eigenvalue weighted by molar-refractivity contribution is -0.147. The van der Waals surface area contributed by atoms with Gasteiger partial charge in [0.2, 0.25) is 10.0 Å². The zero-order chi connectivity index (χ0) is 21.4. The number of ether oxygens (including phenoxy) is 1. The minimum atomic E-state index is -4.05. The summed E-state index contributed by atoms with van der Waals surface area (Å²) in [6.45, 7) is -1.45. The van der Waals surface area contributed by atoms with E-state index in [4.69, 9.17) is 27.6 Å². The molecule has 156 valence electrons. The van der Waals surface area contributed by atoms with Crippen molar-refractivity contribution in [3.63, 3.8) is 0 Å². The number of urea groups is 1. The Morgan fingerprint density at radius 3 is 2.52 bits per heavy atom. The Labute approximate surface area is 175 Å². The number of hydrogen-bond acceptors (Lipinski definition) is 7. The molecule has 0 saturated carbocycles. The number of halogens is 2. The van der Waals surface area contributed by atoms with Crippen LogP contribution in [0.15, 0.2) is 45.9 Å². The molecule has 29 heavy (non-hydrogen) atoms. The lowest BCUT2D eigenvalue weighted by Gasteiger charge is -2.08. The van der Waals surface area contributed by atoms with E-state index in [0.717, 1.165) is 6.07 Å². The van der Waals surface area contributed by atoms with Gasteiger partial charge in [0, 0.05) is 0 Å². The predicted molar refractivity (Wildman–Crippen MR) is 102 cm³/mol. The highest BCUT2D eigenvalue weighted by atomic mass is 35.5. The van der Waals surface area contributed by atoms with Crippen LogP contribution in [-0.4, -0.2) is 39.5 Å². The van der Waals surface area contributed by atoms with Crippen LogP contribution < -0.4 is 15.4 Å². The van der Waals surface area contributed by atoms with E-state index < -0.39 is 41.1 Å². The molecule has 0 aliphatic rings. The Balaban J connectivity index is 1.72. The summed E-state index contributed by atoms with van der Waals surface area (Å²) in [6, 6.07) is 6.06. The van der Waals surface area contributed by atoms with E-state index in [1.807, 2.05) is 10.0 Å². The number of furan rings is 1. The summed E-state index contributed by atoms with van der Waals surface area (Å²) < 4.78 is 35.8. The number of sulfonamides is 1. The van der Waals surface area contributed by atoms with Crippen molar-refractivity contribution in [1.82, 2.24) is 15.4 Å². The Kier molecular flexibility index (Phi) is 8.02. The lowest BCUT2D eigenvalue weighted by Crippen LogP contribution is -2.41. The minimum Gasteiger partial charge on any atom is -0.467 e. The first-order chi connectivity index (χ1) is 13.7. The normalized spacial score (nSPS) is 11.0. The maximum atomic E-state index is 12.1. The number of nitrogens with one attached hydrogen (secondary N) is 3. The number of carbonyl (C=O) groups is 3. The van der Waals surface area contributed by atoms with Gasteiger partial charge in [-0.3, -0.25) is 14.9 Å². The van der Waals surface area contributed by atoms with E-state index in [1.54, 1.807) is 12.1 Å². The van der Waals surface area contributed by atoms with Crippen LogP contribution in [0.4, 0.5) is 4.79 Å². The molecule has 3 amide bonds. The molecular formula is C16H15Cl2N3O7S. The molecule has 0 radical (unpaired) electrons. The highest BCUT2D eigenvalue weighted by Crippen LogP contribution is 2.24. The van der Waals surface area contributed by atoms with Gasteiger partial charge >= 0.3 is 12.0 Å². The van der Waals surface area contributed by atoms with Crippen molar-refractivity contribution in [1.29, 1.82) is 0 Å². The van der Waals surface area contributed by atoms with Gasteiger partial charge in [-0.2, -0.15) is 4.72 Å². The molecule has 0 aliphatic carbocycles. The standard InChI is InChI=1S/C16H15Cl2N3O7S/c17-12-4-3-11(6-13(12)18)29(25,26)20-8-15(23)28-9-14(22)21-16(24)19-7-10-2-1-5-27-10/h1-6,20H,7-9H2,(H2,19,21,22,24). The topological polar surface area (TPSA) is 144 Å². The monoisotopic (exact) mass is 463 g/mol. The van der Waals surface area contributed by atoms with Crippen molar-refractivity contribution in [3.05, 3.63) is 52.4 Å². The fourth-order valence-electron chi connectivity index (χ4n) is 1.87. The van der Waals surface area contributed by atoms with Crippen molar-refractivity contribution in [2.75, 3.05) is 13.2 Å². The maximum Gasteiger partial charge on any atom is 0.321 e. The van der Waals surface area contributed by atoms with Gasteiger partial charge in [-0.15, -0.1) is 0 Å². The molecule has 2 rings (SSSR count). The molecule has 1 heterocycles. The minimum absolute atomic E-state index is 0.0270. The van der Waals surface area contributed by atoms with Crippen LogP contribution in [0.3, 0.4) is 0 Å². The summed E-state index contributed by atoms with van der Waals surface area (Å²) in [6.07, 6.45) is 1.43. The quantitative estimate of drug-likeness (QED) is 0.502. The van der Waals surface area contributed by atoms with Crippen LogP contribution >= 0.6 is 23.2 Å². The van der Waals surface area contributed by atoms with Gasteiger partial charge in [0.1, 0.15) is 12.3 Å². The van der Waals surface area contributed by atoms with E-state index in [9.17, 15) is 22.8 Å². The van der Waals surface area contributed by atoms with Gasteiger partial charge in [-0.05, 0) is 30.3 Å². The van der Waals surface area contributed by atoms with Crippen molar-refractivity contribution in [2.45, 2.75) is 11.4 Å². The van der Waals surface area contributed by atoms with E-state index in [2.05, 4.69) is 10.1 Å². The molecule has 0 unspecified atom stereocenters. The molecule has 0 saturated heterocycles. The first-order valence-corrected chi connectivity index (χ1v) is 10.1. The summed E-state index contributed by atoms with van der Waals surface area (Å²) in [7, 11) is -4.05. The Bertz CT molecular complexity index is 994. The number of esters is 1. The molecule has 0 fully saturated rings. The van der Waals surface area contributed by atoms with Gasteiger partial charge in [-0.25, -0.2) is 13.2 Å². The number of imide groups is 1. The van der Waals surface area contributed by atoms with Gasteiger partial charge < -0.3 is 14.5 Å². The fraction of sp³-hybridized carbons (Fsp3) is 0.188. The Morgan fingerprint density at radius 1 is 1.10 bits per heavy atom. The average Bonchev–Trinajstić information content (AvgIpc) is 3.19. The molecule has 13 heteroatoms. The van der Waals surface area contributed by atoms with Crippen LogP contribution in [0.5, 0.6) is 0 Å². The fourth-order valence-corrected chi connectivity index (χ4v) is 3.22. The smallest absolute Gasteiger partial charge is 0.321 e. The first-order valence-electron chi connectivity index (χ1n) is 7.88.